The number of hydrogen-bond donors (Lipinski definition) is 1. The molecule has 1 saturated carbocycles. The minimum atomic E-state index is -0.306. The van der Waals surface area contributed by atoms with Gasteiger partial charge in [-0.25, -0.2) is 0 Å². The first-order valence-corrected chi connectivity index (χ1v) is 5.06. The second kappa shape index (κ2) is 4.09. The van der Waals surface area contributed by atoms with Crippen molar-refractivity contribution < 1.29 is 4.79 Å². The molecule has 0 bridgehead atoms. The molecule has 1 aliphatic carbocycles. The van der Waals surface area contributed by atoms with Crippen LogP contribution in [0.4, 0.5) is 0 Å². The Balaban J connectivity index is 2.29. The lowest BCUT2D eigenvalue weighted by molar-refractivity contribution is -0.131. The van der Waals surface area contributed by atoms with Crippen molar-refractivity contribution in [3.63, 3.8) is 0 Å². The van der Waals surface area contributed by atoms with E-state index in [1.807, 2.05) is 14.0 Å². The van der Waals surface area contributed by atoms with Crippen molar-refractivity contribution in [1.82, 2.24) is 4.90 Å². The van der Waals surface area contributed by atoms with Crippen LogP contribution >= 0.6 is 0 Å². The largest absolute Gasteiger partial charge is 0.344 e. The van der Waals surface area contributed by atoms with E-state index >= 15 is 0 Å². The fourth-order valence-corrected chi connectivity index (χ4v) is 1.55. The van der Waals surface area contributed by atoms with E-state index in [9.17, 15) is 4.79 Å². The average molecular weight is 184 g/mol. The molecule has 0 aromatic heterocycles. The quantitative estimate of drug-likeness (QED) is 0.703. The van der Waals surface area contributed by atoms with Crippen molar-refractivity contribution in [2.75, 3.05) is 13.6 Å². The molecule has 3 heteroatoms. The van der Waals surface area contributed by atoms with Crippen LogP contribution in [0.3, 0.4) is 0 Å². The normalized spacial score (nSPS) is 28.3. The fraction of sp³-hybridized carbons (Fsp3) is 0.900. The third kappa shape index (κ3) is 2.69. The van der Waals surface area contributed by atoms with Crippen LogP contribution < -0.4 is 5.73 Å². The molecular weight excluding hydrogens is 164 g/mol. The van der Waals surface area contributed by atoms with Gasteiger partial charge in [-0.15, -0.1) is 0 Å². The maximum atomic E-state index is 11.5. The van der Waals surface area contributed by atoms with Crippen LogP contribution in [0.15, 0.2) is 0 Å². The number of nitrogens with zero attached hydrogens (tertiary/aromatic N) is 1. The van der Waals surface area contributed by atoms with Gasteiger partial charge in [0.1, 0.15) is 0 Å². The topological polar surface area (TPSA) is 46.3 Å². The van der Waals surface area contributed by atoms with Crippen molar-refractivity contribution in [3.05, 3.63) is 0 Å². The Hall–Kier alpha value is -0.570. The Morgan fingerprint density at radius 3 is 2.62 bits per heavy atom. The van der Waals surface area contributed by atoms with Gasteiger partial charge in [-0.3, -0.25) is 4.79 Å². The molecule has 3 atom stereocenters. The number of carbonyl (C=O) groups excluding carboxylic acids is 1. The van der Waals surface area contributed by atoms with E-state index in [1.54, 1.807) is 4.90 Å². The smallest absolute Gasteiger partial charge is 0.239 e. The highest BCUT2D eigenvalue weighted by Gasteiger charge is 2.34. The van der Waals surface area contributed by atoms with Crippen molar-refractivity contribution in [1.29, 1.82) is 0 Å². The average Bonchev–Trinajstić information content (AvgIpc) is 2.79. The van der Waals surface area contributed by atoms with Gasteiger partial charge in [0.05, 0.1) is 6.04 Å². The van der Waals surface area contributed by atoms with Gasteiger partial charge in [0, 0.05) is 13.6 Å². The molecule has 0 aromatic carbocycles. The van der Waals surface area contributed by atoms with Crippen LogP contribution in [0.2, 0.25) is 0 Å². The Bertz CT molecular complexity index is 193. The van der Waals surface area contributed by atoms with Crippen LogP contribution in [-0.2, 0) is 4.79 Å². The number of rotatable bonds is 4. The first-order valence-electron chi connectivity index (χ1n) is 5.06. The van der Waals surface area contributed by atoms with Gasteiger partial charge in [0.2, 0.25) is 5.91 Å². The van der Waals surface area contributed by atoms with Gasteiger partial charge in [0.15, 0.2) is 0 Å². The minimum absolute atomic E-state index is 0.0848. The highest BCUT2D eigenvalue weighted by molar-refractivity contribution is 5.81. The summed E-state index contributed by atoms with van der Waals surface area (Å²) < 4.78 is 0. The molecule has 0 aliphatic heterocycles. The molecule has 1 fully saturated rings. The van der Waals surface area contributed by atoms with Crippen LogP contribution in [-0.4, -0.2) is 30.4 Å². The summed E-state index contributed by atoms with van der Waals surface area (Å²) in [4.78, 5) is 13.3. The summed E-state index contributed by atoms with van der Waals surface area (Å²) in [6, 6.07) is -0.306. The van der Waals surface area contributed by atoms with Crippen LogP contribution in [0.25, 0.3) is 0 Å². The van der Waals surface area contributed by atoms with Gasteiger partial charge in [-0.2, -0.15) is 0 Å². The number of likely N-dealkylation sites (N-methyl/N-ethyl adjacent to an activating group) is 1. The third-order valence-corrected chi connectivity index (χ3v) is 2.92. The van der Waals surface area contributed by atoms with E-state index < -0.39 is 0 Å². The Morgan fingerprint density at radius 1 is 1.69 bits per heavy atom. The maximum absolute atomic E-state index is 11.5. The minimum Gasteiger partial charge on any atom is -0.344 e. The number of nitrogens with two attached hydrogens (primary N) is 1. The molecule has 0 heterocycles. The predicted octanol–water partition coefficient (Wildman–Crippen LogP) is 0.838. The zero-order valence-electron chi connectivity index (χ0n) is 8.79. The first-order chi connectivity index (χ1) is 6.06. The number of carbonyl (C=O) groups is 1. The number of amides is 1. The van der Waals surface area contributed by atoms with Gasteiger partial charge in [-0.1, -0.05) is 13.8 Å². The molecule has 0 aromatic rings. The molecule has 0 saturated heterocycles. The molecule has 1 rings (SSSR count). The highest BCUT2D eigenvalue weighted by Crippen LogP contribution is 2.37. The molecule has 76 valence electrons. The lowest BCUT2D eigenvalue weighted by Gasteiger charge is -2.20. The van der Waals surface area contributed by atoms with Gasteiger partial charge < -0.3 is 10.6 Å². The summed E-state index contributed by atoms with van der Waals surface area (Å²) in [7, 11) is 1.85. The Morgan fingerprint density at radius 2 is 2.23 bits per heavy atom. The summed E-state index contributed by atoms with van der Waals surface area (Å²) >= 11 is 0. The van der Waals surface area contributed by atoms with Crippen molar-refractivity contribution in [2.45, 2.75) is 32.7 Å². The Labute approximate surface area is 80.3 Å². The molecule has 3 nitrogen and oxygen atoms in total. The van der Waals surface area contributed by atoms with Crippen molar-refractivity contribution in [3.8, 4) is 0 Å². The third-order valence-electron chi connectivity index (χ3n) is 2.92. The van der Waals surface area contributed by atoms with Crippen LogP contribution in [0, 0.1) is 11.8 Å². The second-order valence-corrected chi connectivity index (χ2v) is 4.21. The van der Waals surface area contributed by atoms with Crippen molar-refractivity contribution in [2.24, 2.45) is 17.6 Å². The van der Waals surface area contributed by atoms with E-state index in [-0.39, 0.29) is 11.9 Å². The molecule has 1 amide bonds. The lowest BCUT2D eigenvalue weighted by Crippen LogP contribution is -2.42. The van der Waals surface area contributed by atoms with Crippen molar-refractivity contribution >= 4 is 5.91 Å². The van der Waals surface area contributed by atoms with E-state index in [4.69, 9.17) is 5.73 Å². The molecule has 2 unspecified atom stereocenters. The number of hydrogen-bond acceptors (Lipinski definition) is 2. The van der Waals surface area contributed by atoms with Crippen LogP contribution in [0.5, 0.6) is 0 Å². The molecule has 0 spiro atoms. The fourth-order valence-electron chi connectivity index (χ4n) is 1.55. The molecule has 13 heavy (non-hydrogen) atoms. The first kappa shape index (κ1) is 10.5. The Kier molecular flexibility index (Phi) is 3.31. The van der Waals surface area contributed by atoms with Gasteiger partial charge >= 0.3 is 0 Å². The van der Waals surface area contributed by atoms with Crippen LogP contribution in [0.1, 0.15) is 26.7 Å². The zero-order chi connectivity index (χ0) is 10.0. The summed E-state index contributed by atoms with van der Waals surface area (Å²) in [5.74, 6) is 1.60. The zero-order valence-corrected chi connectivity index (χ0v) is 8.79. The monoisotopic (exact) mass is 184 g/mol. The van der Waals surface area contributed by atoms with E-state index in [1.165, 1.54) is 6.42 Å². The maximum Gasteiger partial charge on any atom is 0.239 e. The molecule has 0 radical (unpaired) electrons. The second-order valence-electron chi connectivity index (χ2n) is 4.21. The summed E-state index contributed by atoms with van der Waals surface area (Å²) in [5.41, 5.74) is 5.66. The van der Waals surface area contributed by atoms with E-state index in [0.29, 0.717) is 0 Å². The summed E-state index contributed by atoms with van der Waals surface area (Å²) in [6.45, 7) is 5.05. The SMILES string of the molecule is CC[C@H](N)C(=O)N(C)CC1CC1C. The van der Waals surface area contributed by atoms with E-state index in [0.717, 1.165) is 24.8 Å². The van der Waals surface area contributed by atoms with Gasteiger partial charge in [-0.05, 0) is 24.7 Å². The highest BCUT2D eigenvalue weighted by atomic mass is 16.2. The standard InChI is InChI=1S/C10H20N2O/c1-4-9(11)10(13)12(3)6-8-5-7(8)2/h7-9H,4-6,11H2,1-3H3/t7?,8?,9-/m0/s1. The molecule has 1 aliphatic rings. The van der Waals surface area contributed by atoms with Gasteiger partial charge in [0.25, 0.3) is 0 Å². The molecular formula is C10H20N2O. The predicted molar refractivity (Wildman–Crippen MR) is 53.2 cm³/mol. The molecule has 2 N–H and O–H groups in total. The summed E-state index contributed by atoms with van der Waals surface area (Å²) in [5, 5.41) is 0. The lowest BCUT2D eigenvalue weighted by atomic mass is 10.2. The summed E-state index contributed by atoms with van der Waals surface area (Å²) in [6.07, 6.45) is 1.99. The van der Waals surface area contributed by atoms with E-state index in [2.05, 4.69) is 6.92 Å².